The number of pyridine rings is 2. The molecule has 0 radical (unpaired) electrons. The van der Waals surface area contributed by atoms with Crippen molar-refractivity contribution in [2.24, 2.45) is 0 Å². The lowest BCUT2D eigenvalue weighted by Gasteiger charge is -2.38. The van der Waals surface area contributed by atoms with Crippen molar-refractivity contribution in [3.8, 4) is 5.75 Å². The Morgan fingerprint density at radius 1 is 1.09 bits per heavy atom. The molecule has 2 aliphatic heterocycles. The SMILES string of the molecule is C[C@@H]1CN(c2cccc(C3CC(c4ccnc(CNC(=O)c5cc(F)c6c(c5)S(=O)(=O)[C@@H](F)CCO6)c4)C3)n2)C[C@H](C)O1. The number of amides is 1. The van der Waals surface area contributed by atoms with Crippen LogP contribution in [-0.2, 0) is 21.1 Å². The van der Waals surface area contributed by atoms with Gasteiger partial charge in [0.25, 0.3) is 5.91 Å². The maximum absolute atomic E-state index is 14.7. The van der Waals surface area contributed by atoms with Crippen molar-refractivity contribution < 1.29 is 31.5 Å². The number of nitrogens with zero attached hydrogens (tertiary/aromatic N) is 3. The lowest BCUT2D eigenvalue weighted by Crippen LogP contribution is -2.45. The molecule has 0 spiro atoms. The first-order valence-electron chi connectivity index (χ1n) is 14.5. The minimum atomic E-state index is -4.49. The maximum atomic E-state index is 14.7. The molecule has 3 atom stereocenters. The third kappa shape index (κ3) is 6.08. The summed E-state index contributed by atoms with van der Waals surface area (Å²) in [6.07, 6.45) is 3.48. The summed E-state index contributed by atoms with van der Waals surface area (Å²) in [5.41, 5.74) is 0.324. The van der Waals surface area contributed by atoms with Crippen LogP contribution in [0, 0.1) is 5.82 Å². The Morgan fingerprint density at radius 3 is 2.63 bits per heavy atom. The van der Waals surface area contributed by atoms with Gasteiger partial charge < -0.3 is 19.7 Å². The van der Waals surface area contributed by atoms with Crippen molar-refractivity contribution in [2.75, 3.05) is 24.6 Å². The molecule has 1 amide bonds. The molecule has 6 rings (SSSR count). The van der Waals surface area contributed by atoms with Crippen molar-refractivity contribution in [1.82, 2.24) is 15.3 Å². The average molecular weight is 613 g/mol. The van der Waals surface area contributed by atoms with Gasteiger partial charge in [-0.25, -0.2) is 22.2 Å². The standard InChI is InChI=1S/C31H34F2N4O5S/c1-18-16-37(17-19(2)42-18)29-5-3-4-26(36-29)22-10-21(11-22)20-6-8-34-24(12-20)15-35-31(38)23-13-25(32)30-27(14-23)43(39,40)28(33)7-9-41-30/h3-6,8,12-14,18-19,21-22,28H,7,9-11,15-17H2,1-2H3,(H,35,38)/t18-,19+,21?,22?,28-/m1/s1. The predicted molar refractivity (Wildman–Crippen MR) is 155 cm³/mol. The monoisotopic (exact) mass is 612 g/mol. The van der Waals surface area contributed by atoms with E-state index in [-0.39, 0.29) is 30.9 Å². The number of anilines is 1. The number of benzene rings is 1. The fourth-order valence-electron chi connectivity index (χ4n) is 6.06. The van der Waals surface area contributed by atoms with Gasteiger partial charge in [0.2, 0.25) is 15.3 Å². The van der Waals surface area contributed by atoms with E-state index in [4.69, 9.17) is 14.5 Å². The van der Waals surface area contributed by atoms with Gasteiger partial charge in [-0.1, -0.05) is 6.07 Å². The largest absolute Gasteiger partial charge is 0.489 e. The number of aromatic nitrogens is 2. The molecular weight excluding hydrogens is 578 g/mol. The molecule has 3 aliphatic rings. The fraction of sp³-hybridized carbons (Fsp3) is 0.452. The summed E-state index contributed by atoms with van der Waals surface area (Å²) in [5.74, 6) is -0.638. The van der Waals surface area contributed by atoms with E-state index in [0.29, 0.717) is 17.5 Å². The maximum Gasteiger partial charge on any atom is 0.251 e. The lowest BCUT2D eigenvalue weighted by atomic mass is 9.70. The molecule has 3 aromatic rings. The summed E-state index contributed by atoms with van der Waals surface area (Å²) in [6, 6.07) is 12.0. The van der Waals surface area contributed by atoms with Gasteiger partial charge in [-0.2, -0.15) is 0 Å². The Bertz CT molecular complexity index is 1620. The Kier molecular flexibility index (Phi) is 8.08. The second-order valence-electron chi connectivity index (χ2n) is 11.6. The van der Waals surface area contributed by atoms with E-state index in [1.54, 1.807) is 6.20 Å². The van der Waals surface area contributed by atoms with Gasteiger partial charge in [0.1, 0.15) is 10.7 Å². The van der Waals surface area contributed by atoms with E-state index >= 15 is 0 Å². The highest BCUT2D eigenvalue weighted by molar-refractivity contribution is 7.92. The van der Waals surface area contributed by atoms with Gasteiger partial charge in [0.05, 0.1) is 31.1 Å². The molecule has 1 saturated heterocycles. The van der Waals surface area contributed by atoms with Crippen molar-refractivity contribution in [1.29, 1.82) is 0 Å². The summed E-state index contributed by atoms with van der Waals surface area (Å²) >= 11 is 0. The van der Waals surface area contributed by atoms with Crippen LogP contribution in [0.15, 0.2) is 53.6 Å². The highest BCUT2D eigenvalue weighted by Crippen LogP contribution is 2.47. The van der Waals surface area contributed by atoms with Crippen molar-refractivity contribution in [2.45, 2.75) is 74.1 Å². The number of ether oxygens (including phenoxy) is 2. The molecule has 9 nitrogen and oxygen atoms in total. The molecule has 4 heterocycles. The van der Waals surface area contributed by atoms with Gasteiger partial charge in [0, 0.05) is 42.9 Å². The van der Waals surface area contributed by atoms with Gasteiger partial charge in [-0.3, -0.25) is 9.78 Å². The first-order valence-corrected chi connectivity index (χ1v) is 16.1. The van der Waals surface area contributed by atoms with E-state index in [2.05, 4.69) is 47.2 Å². The molecule has 2 fully saturated rings. The third-order valence-corrected chi connectivity index (χ3v) is 10.1. The molecule has 1 saturated carbocycles. The number of carbonyl (C=O) groups excluding carboxylic acids is 1. The van der Waals surface area contributed by atoms with E-state index in [9.17, 15) is 22.0 Å². The van der Waals surface area contributed by atoms with Gasteiger partial charge in [-0.15, -0.1) is 0 Å². The van der Waals surface area contributed by atoms with Crippen LogP contribution in [-0.4, -0.2) is 61.7 Å². The highest BCUT2D eigenvalue weighted by Gasteiger charge is 2.36. The number of sulfone groups is 1. The minimum absolute atomic E-state index is 0.0521. The number of fused-ring (bicyclic) bond motifs is 1. The summed E-state index contributed by atoms with van der Waals surface area (Å²) in [5, 5.41) is 2.66. The van der Waals surface area contributed by atoms with Gasteiger partial charge in [0.15, 0.2) is 11.6 Å². The van der Waals surface area contributed by atoms with Crippen LogP contribution in [0.25, 0.3) is 0 Å². The van der Waals surface area contributed by atoms with E-state index in [0.717, 1.165) is 55.1 Å². The fourth-order valence-corrected chi connectivity index (χ4v) is 7.45. The number of hydrogen-bond donors (Lipinski definition) is 1. The molecule has 0 unspecified atom stereocenters. The Hall–Kier alpha value is -3.64. The number of nitrogens with one attached hydrogen (secondary N) is 1. The van der Waals surface area contributed by atoms with E-state index in [1.165, 1.54) is 0 Å². The Balaban J connectivity index is 1.08. The van der Waals surface area contributed by atoms with Gasteiger partial charge >= 0.3 is 0 Å². The van der Waals surface area contributed by atoms with E-state index in [1.807, 2.05) is 12.1 Å². The average Bonchev–Trinajstić information content (AvgIpc) is 3.06. The molecule has 228 valence electrons. The lowest BCUT2D eigenvalue weighted by molar-refractivity contribution is -0.00548. The number of morpholine rings is 1. The molecule has 2 aromatic heterocycles. The Morgan fingerprint density at radius 2 is 1.86 bits per heavy atom. The predicted octanol–water partition coefficient (Wildman–Crippen LogP) is 4.67. The van der Waals surface area contributed by atoms with Crippen LogP contribution in [0.1, 0.15) is 72.3 Å². The number of hydrogen-bond acceptors (Lipinski definition) is 8. The number of halogens is 2. The molecular formula is C31H34F2N4O5S. The molecule has 43 heavy (non-hydrogen) atoms. The topological polar surface area (TPSA) is 111 Å². The molecule has 1 N–H and O–H groups in total. The minimum Gasteiger partial charge on any atom is -0.489 e. The van der Waals surface area contributed by atoms with E-state index < -0.39 is 44.1 Å². The number of carbonyl (C=O) groups is 1. The Labute approximate surface area is 249 Å². The number of rotatable bonds is 6. The second-order valence-corrected chi connectivity index (χ2v) is 13.6. The van der Waals surface area contributed by atoms with Crippen LogP contribution in [0.4, 0.5) is 14.6 Å². The van der Waals surface area contributed by atoms with Crippen LogP contribution >= 0.6 is 0 Å². The summed E-state index contributed by atoms with van der Waals surface area (Å²) in [6.45, 7) is 5.56. The molecule has 12 heteroatoms. The molecule has 0 bridgehead atoms. The molecule has 1 aliphatic carbocycles. The summed E-state index contributed by atoms with van der Waals surface area (Å²) < 4.78 is 64.9. The molecule has 1 aromatic carbocycles. The van der Waals surface area contributed by atoms with Gasteiger partial charge in [-0.05, 0) is 74.6 Å². The van der Waals surface area contributed by atoms with Crippen molar-refractivity contribution in [3.05, 3.63) is 77.0 Å². The van der Waals surface area contributed by atoms with Crippen LogP contribution in [0.2, 0.25) is 0 Å². The highest BCUT2D eigenvalue weighted by atomic mass is 32.2. The van der Waals surface area contributed by atoms with Crippen molar-refractivity contribution >= 4 is 21.6 Å². The summed E-state index contributed by atoms with van der Waals surface area (Å²) in [4.78, 5) is 23.8. The zero-order valence-electron chi connectivity index (χ0n) is 24.0. The van der Waals surface area contributed by atoms with Crippen LogP contribution in [0.3, 0.4) is 0 Å². The smallest absolute Gasteiger partial charge is 0.251 e. The first kappa shape index (κ1) is 29.4. The second kappa shape index (κ2) is 11.8. The first-order chi connectivity index (χ1) is 20.6. The van der Waals surface area contributed by atoms with Crippen molar-refractivity contribution in [3.63, 3.8) is 0 Å². The normalized spacial score (nSPS) is 26.4. The van der Waals surface area contributed by atoms with Crippen LogP contribution < -0.4 is 15.0 Å². The third-order valence-electron chi connectivity index (χ3n) is 8.30. The quantitative estimate of drug-likeness (QED) is 0.428. The summed E-state index contributed by atoms with van der Waals surface area (Å²) in [7, 11) is -4.49. The number of alkyl halides is 1. The zero-order chi connectivity index (χ0) is 30.3. The zero-order valence-corrected chi connectivity index (χ0v) is 24.8. The van der Waals surface area contributed by atoms with Crippen LogP contribution in [0.5, 0.6) is 5.75 Å².